The zero-order chi connectivity index (χ0) is 21.4. The number of anilines is 2. The zero-order valence-corrected chi connectivity index (χ0v) is 17.8. The lowest BCUT2D eigenvalue weighted by Crippen LogP contribution is -2.24. The van der Waals surface area contributed by atoms with Crippen LogP contribution in [0.1, 0.15) is 27.7 Å². The molecule has 0 bridgehead atoms. The Morgan fingerprint density at radius 3 is 2.70 bits per heavy atom. The van der Waals surface area contributed by atoms with Crippen molar-refractivity contribution < 1.29 is 4.74 Å². The molecule has 1 aliphatic heterocycles. The highest BCUT2D eigenvalue weighted by molar-refractivity contribution is 7.14. The minimum atomic E-state index is -0.401. The van der Waals surface area contributed by atoms with Crippen molar-refractivity contribution in [3.05, 3.63) is 51.6 Å². The number of thiophene rings is 1. The molecule has 1 atom stereocenters. The molecule has 30 heavy (non-hydrogen) atoms. The van der Waals surface area contributed by atoms with Gasteiger partial charge in [-0.3, -0.25) is 4.57 Å². The summed E-state index contributed by atoms with van der Waals surface area (Å²) < 4.78 is 7.13. The number of rotatable bonds is 4. The highest BCUT2D eigenvalue weighted by Crippen LogP contribution is 2.34. The lowest BCUT2D eigenvalue weighted by molar-refractivity contribution is 0.398. The van der Waals surface area contributed by atoms with Crippen LogP contribution >= 0.6 is 11.3 Å². The number of methoxy groups -OCH3 is 1. The third-order valence-electron chi connectivity index (χ3n) is 4.89. The summed E-state index contributed by atoms with van der Waals surface area (Å²) in [7, 11) is 1.56. The van der Waals surface area contributed by atoms with Crippen LogP contribution in [-0.2, 0) is 0 Å². The van der Waals surface area contributed by atoms with Crippen LogP contribution < -0.4 is 15.4 Å². The number of imidazole rings is 1. The predicted octanol–water partition coefficient (Wildman–Crippen LogP) is 3.91. The third-order valence-corrected chi connectivity index (χ3v) is 5.93. The van der Waals surface area contributed by atoms with E-state index in [1.807, 2.05) is 31.4 Å². The van der Waals surface area contributed by atoms with Gasteiger partial charge in [0.1, 0.15) is 23.1 Å². The maximum atomic E-state index is 9.78. The van der Waals surface area contributed by atoms with Crippen molar-refractivity contribution in [1.82, 2.24) is 14.5 Å². The van der Waals surface area contributed by atoms with E-state index in [-0.39, 0.29) is 0 Å². The van der Waals surface area contributed by atoms with Crippen molar-refractivity contribution >= 4 is 28.8 Å². The Hall–Kier alpha value is -3.82. The van der Waals surface area contributed by atoms with Crippen molar-refractivity contribution in [2.45, 2.75) is 26.9 Å². The van der Waals surface area contributed by atoms with E-state index in [2.05, 4.69) is 32.7 Å². The van der Waals surface area contributed by atoms with Crippen molar-refractivity contribution in [3.63, 3.8) is 0 Å². The molecule has 4 heterocycles. The van der Waals surface area contributed by atoms with Crippen LogP contribution in [0.15, 0.2) is 23.9 Å². The van der Waals surface area contributed by atoms with Gasteiger partial charge in [0.05, 0.1) is 47.6 Å². The molecule has 0 aliphatic carbocycles. The average molecular weight is 417 g/mol. The first kappa shape index (κ1) is 19.5. The van der Waals surface area contributed by atoms with Gasteiger partial charge in [0, 0.05) is 16.6 Å². The molecule has 0 saturated heterocycles. The van der Waals surface area contributed by atoms with Gasteiger partial charge < -0.3 is 15.4 Å². The summed E-state index contributed by atoms with van der Waals surface area (Å²) in [5.74, 6) is 1.26. The topological polar surface area (TPSA) is 112 Å². The van der Waals surface area contributed by atoms with Crippen LogP contribution in [0.2, 0.25) is 0 Å². The summed E-state index contributed by atoms with van der Waals surface area (Å²) >= 11 is 1.55. The van der Waals surface area contributed by atoms with Gasteiger partial charge in [0.15, 0.2) is 0 Å². The van der Waals surface area contributed by atoms with Gasteiger partial charge in [-0.25, -0.2) is 9.97 Å². The van der Waals surface area contributed by atoms with Gasteiger partial charge in [-0.05, 0) is 32.9 Å². The Bertz CT molecular complexity index is 1260. The number of nitriles is 2. The van der Waals surface area contributed by atoms with E-state index in [9.17, 15) is 10.5 Å². The summed E-state index contributed by atoms with van der Waals surface area (Å²) in [4.78, 5) is 9.90. The SMILES string of the molecule is COc1cc2c(cn1)NC(/C(C#N)=C/c1nc(C)n(-c3sc(C)cc3C#N)c1C)N2. The van der Waals surface area contributed by atoms with Crippen LogP contribution in [-0.4, -0.2) is 27.8 Å². The Morgan fingerprint density at radius 1 is 1.23 bits per heavy atom. The minimum absolute atomic E-state index is 0.401. The number of hydrogen-bond acceptors (Lipinski definition) is 8. The fourth-order valence-corrected chi connectivity index (χ4v) is 4.52. The second kappa shape index (κ2) is 7.54. The number of nitrogens with zero attached hydrogens (tertiary/aromatic N) is 5. The lowest BCUT2D eigenvalue weighted by Gasteiger charge is -2.11. The highest BCUT2D eigenvalue weighted by atomic mass is 32.1. The van der Waals surface area contributed by atoms with E-state index in [1.54, 1.807) is 36.8 Å². The van der Waals surface area contributed by atoms with Gasteiger partial charge in [0.2, 0.25) is 5.88 Å². The molecule has 8 nitrogen and oxygen atoms in total. The van der Waals surface area contributed by atoms with E-state index in [4.69, 9.17) is 4.74 Å². The van der Waals surface area contributed by atoms with Gasteiger partial charge in [0.25, 0.3) is 0 Å². The van der Waals surface area contributed by atoms with E-state index in [0.717, 1.165) is 32.8 Å². The number of ether oxygens (including phenoxy) is 1. The molecule has 150 valence electrons. The summed E-state index contributed by atoms with van der Waals surface area (Å²) in [6, 6.07) is 8.17. The number of aromatic nitrogens is 3. The molecule has 3 aromatic rings. The van der Waals surface area contributed by atoms with Crippen LogP contribution in [0.25, 0.3) is 11.1 Å². The lowest BCUT2D eigenvalue weighted by atomic mass is 10.1. The van der Waals surface area contributed by atoms with Crippen LogP contribution in [0.3, 0.4) is 0 Å². The highest BCUT2D eigenvalue weighted by Gasteiger charge is 2.25. The summed E-state index contributed by atoms with van der Waals surface area (Å²) in [6.45, 7) is 5.81. The molecular formula is C21H19N7OS. The number of pyridine rings is 1. The normalized spacial score (nSPS) is 15.0. The number of hydrogen-bond donors (Lipinski definition) is 2. The molecule has 0 spiro atoms. The van der Waals surface area contributed by atoms with Crippen molar-refractivity contribution in [1.29, 1.82) is 10.5 Å². The number of nitrogens with one attached hydrogen (secondary N) is 2. The first-order chi connectivity index (χ1) is 14.4. The largest absolute Gasteiger partial charge is 0.481 e. The van der Waals surface area contributed by atoms with Gasteiger partial charge in [-0.1, -0.05) is 0 Å². The van der Waals surface area contributed by atoms with Gasteiger partial charge in [-0.2, -0.15) is 10.5 Å². The molecule has 1 aliphatic rings. The Labute approximate surface area is 178 Å². The molecule has 2 N–H and O–H groups in total. The van der Waals surface area contributed by atoms with E-state index in [0.29, 0.717) is 22.7 Å². The predicted molar refractivity (Wildman–Crippen MR) is 116 cm³/mol. The Balaban J connectivity index is 1.69. The Kier molecular flexibility index (Phi) is 4.90. The molecule has 3 aromatic heterocycles. The smallest absolute Gasteiger partial charge is 0.215 e. The summed E-state index contributed by atoms with van der Waals surface area (Å²) in [5, 5.41) is 26.6. The minimum Gasteiger partial charge on any atom is -0.481 e. The standard InChI is InChI=1S/C21H19N7OS/c1-11-5-15(9-23)21(30-11)28-12(2)16(25-13(28)3)6-14(8-22)20-26-17-7-19(29-4)24-10-18(17)27-20/h5-7,10,20,26-27H,1-4H3/b14-6+. The molecule has 4 rings (SSSR count). The third kappa shape index (κ3) is 3.25. The molecule has 0 saturated carbocycles. The first-order valence-corrected chi connectivity index (χ1v) is 10.0. The quantitative estimate of drug-likeness (QED) is 0.619. The molecular weight excluding hydrogens is 398 g/mol. The molecule has 0 aromatic carbocycles. The maximum absolute atomic E-state index is 9.78. The molecule has 9 heteroatoms. The number of fused-ring (bicyclic) bond motifs is 1. The van der Waals surface area contributed by atoms with Crippen LogP contribution in [0.4, 0.5) is 11.4 Å². The zero-order valence-electron chi connectivity index (χ0n) is 16.9. The van der Waals surface area contributed by atoms with Crippen molar-refractivity contribution in [2.24, 2.45) is 0 Å². The maximum Gasteiger partial charge on any atom is 0.215 e. The number of aryl methyl sites for hydroxylation is 2. The average Bonchev–Trinajstić information content (AvgIpc) is 3.40. The van der Waals surface area contributed by atoms with Gasteiger partial charge in [-0.15, -0.1) is 11.3 Å². The van der Waals surface area contributed by atoms with Crippen LogP contribution in [0.5, 0.6) is 5.88 Å². The van der Waals surface area contributed by atoms with Gasteiger partial charge >= 0.3 is 0 Å². The second-order valence-corrected chi connectivity index (χ2v) is 8.09. The Morgan fingerprint density at radius 2 is 2.00 bits per heavy atom. The fourth-order valence-electron chi connectivity index (χ4n) is 3.46. The summed E-state index contributed by atoms with van der Waals surface area (Å²) in [5.41, 5.74) is 4.29. The van der Waals surface area contributed by atoms with Crippen molar-refractivity contribution in [2.75, 3.05) is 17.7 Å². The summed E-state index contributed by atoms with van der Waals surface area (Å²) in [6.07, 6.45) is 3.04. The van der Waals surface area contributed by atoms with Crippen molar-refractivity contribution in [3.8, 4) is 23.0 Å². The molecule has 1 unspecified atom stereocenters. The van der Waals surface area contributed by atoms with Crippen LogP contribution in [0, 0.1) is 43.4 Å². The molecule has 0 amide bonds. The second-order valence-electron chi connectivity index (χ2n) is 6.86. The van der Waals surface area contributed by atoms with E-state index >= 15 is 0 Å². The monoisotopic (exact) mass is 417 g/mol. The first-order valence-electron chi connectivity index (χ1n) is 9.20. The molecule has 0 fully saturated rings. The van der Waals surface area contributed by atoms with E-state index in [1.165, 1.54) is 0 Å². The molecule has 0 radical (unpaired) electrons. The van der Waals surface area contributed by atoms with E-state index < -0.39 is 6.17 Å². The fraction of sp³-hybridized carbons (Fsp3) is 0.238.